The average Bonchev–Trinajstić information content (AvgIpc) is 2.74. The first-order valence-electron chi connectivity index (χ1n) is 11.4. The van der Waals surface area contributed by atoms with Crippen molar-refractivity contribution in [2.45, 2.75) is 64.9 Å². The van der Waals surface area contributed by atoms with Gasteiger partial charge in [-0.3, -0.25) is 9.69 Å². The fourth-order valence-electron chi connectivity index (χ4n) is 4.52. The van der Waals surface area contributed by atoms with E-state index in [1.807, 2.05) is 51.1 Å². The van der Waals surface area contributed by atoms with E-state index in [-0.39, 0.29) is 12.5 Å². The molecular weight excluding hydrogens is 436 g/mol. The normalized spacial score (nSPS) is 23.0. The standard InChI is InChI=1S/C26H32N2O6/c1-25(2,3)22-23(30)27-17-14-18-16(13-19(17)33-22)20(21(29)26(4,5)34-18)28(24(31)32)12-11-15-9-7-6-8-10-15/h6-10,13-14,20-22,29H,11-12H2,1-5H3,(H,27,30)(H,31,32)/t20-,21+,22?/m0/s1. The number of amides is 2. The minimum Gasteiger partial charge on any atom is -0.485 e. The fraction of sp³-hybridized carbons (Fsp3) is 0.462. The summed E-state index contributed by atoms with van der Waals surface area (Å²) in [5.74, 6) is 0.580. The number of ether oxygens (including phenoxy) is 2. The summed E-state index contributed by atoms with van der Waals surface area (Å²) in [5.41, 5.74) is 0.461. The van der Waals surface area contributed by atoms with E-state index in [0.29, 0.717) is 29.2 Å². The molecule has 3 N–H and O–H groups in total. The lowest BCUT2D eigenvalue weighted by molar-refractivity contribution is -0.128. The second kappa shape index (κ2) is 8.51. The van der Waals surface area contributed by atoms with Crippen molar-refractivity contribution < 1.29 is 29.3 Å². The molecule has 0 aromatic heterocycles. The topological polar surface area (TPSA) is 108 Å². The average molecular weight is 469 g/mol. The molecule has 2 aromatic carbocycles. The number of nitrogens with one attached hydrogen (secondary N) is 1. The van der Waals surface area contributed by atoms with Crippen LogP contribution < -0.4 is 14.8 Å². The Morgan fingerprint density at radius 3 is 2.44 bits per heavy atom. The first-order chi connectivity index (χ1) is 15.9. The van der Waals surface area contributed by atoms with Crippen molar-refractivity contribution >= 4 is 17.7 Å². The predicted molar refractivity (Wildman–Crippen MR) is 127 cm³/mol. The molecule has 8 heteroatoms. The highest BCUT2D eigenvalue weighted by Gasteiger charge is 2.48. The van der Waals surface area contributed by atoms with Crippen LogP contribution >= 0.6 is 0 Å². The van der Waals surface area contributed by atoms with Gasteiger partial charge in [-0.25, -0.2) is 4.79 Å². The van der Waals surface area contributed by atoms with Gasteiger partial charge in [0.25, 0.3) is 5.91 Å². The van der Waals surface area contributed by atoms with Crippen molar-refractivity contribution in [1.29, 1.82) is 0 Å². The number of aliphatic hydroxyl groups is 1. The molecule has 0 saturated heterocycles. The number of nitrogens with zero attached hydrogens (tertiary/aromatic N) is 1. The third-order valence-corrected chi connectivity index (χ3v) is 6.41. The van der Waals surface area contributed by atoms with Crippen LogP contribution in [0.4, 0.5) is 10.5 Å². The largest absolute Gasteiger partial charge is 0.485 e. The Labute approximate surface area is 199 Å². The maximum Gasteiger partial charge on any atom is 0.407 e. The molecule has 0 bridgehead atoms. The van der Waals surface area contributed by atoms with Crippen LogP contribution in [0.2, 0.25) is 0 Å². The zero-order valence-electron chi connectivity index (χ0n) is 20.2. The minimum atomic E-state index is -1.14. The van der Waals surface area contributed by atoms with E-state index in [1.54, 1.807) is 26.0 Å². The third kappa shape index (κ3) is 4.42. The number of carboxylic acid groups (broad SMARTS) is 1. The second-order valence-electron chi connectivity index (χ2n) is 10.5. The van der Waals surface area contributed by atoms with E-state index < -0.39 is 35.4 Å². The van der Waals surface area contributed by atoms with Crippen LogP contribution in [-0.2, 0) is 11.2 Å². The van der Waals surface area contributed by atoms with Gasteiger partial charge >= 0.3 is 6.09 Å². The number of hydrogen-bond donors (Lipinski definition) is 3. The number of carbonyl (C=O) groups is 2. The molecule has 0 radical (unpaired) electrons. The van der Waals surface area contributed by atoms with Crippen molar-refractivity contribution in [3.63, 3.8) is 0 Å². The Balaban J connectivity index is 1.75. The summed E-state index contributed by atoms with van der Waals surface area (Å²) >= 11 is 0. The molecule has 2 heterocycles. The van der Waals surface area contributed by atoms with Crippen molar-refractivity contribution in [3.8, 4) is 11.5 Å². The molecule has 2 amide bonds. The molecule has 1 unspecified atom stereocenters. The summed E-state index contributed by atoms with van der Waals surface area (Å²) in [6, 6.07) is 12.1. The Hall–Kier alpha value is -3.26. The molecule has 34 heavy (non-hydrogen) atoms. The summed E-state index contributed by atoms with van der Waals surface area (Å²) in [7, 11) is 0. The summed E-state index contributed by atoms with van der Waals surface area (Å²) < 4.78 is 12.1. The Morgan fingerprint density at radius 2 is 1.82 bits per heavy atom. The Morgan fingerprint density at radius 1 is 1.15 bits per heavy atom. The fourth-order valence-corrected chi connectivity index (χ4v) is 4.52. The van der Waals surface area contributed by atoms with Gasteiger partial charge < -0.3 is 25.0 Å². The van der Waals surface area contributed by atoms with Gasteiger partial charge in [0.15, 0.2) is 6.10 Å². The molecule has 0 fully saturated rings. The van der Waals surface area contributed by atoms with Crippen molar-refractivity contribution in [2.24, 2.45) is 5.41 Å². The van der Waals surface area contributed by atoms with Gasteiger partial charge in [-0.1, -0.05) is 51.1 Å². The Kier molecular flexibility index (Phi) is 5.97. The van der Waals surface area contributed by atoms with Crippen molar-refractivity contribution in [2.75, 3.05) is 11.9 Å². The molecule has 2 aromatic rings. The van der Waals surface area contributed by atoms with Crippen molar-refractivity contribution in [3.05, 3.63) is 53.6 Å². The molecule has 0 spiro atoms. The van der Waals surface area contributed by atoms with Crippen LogP contribution in [0, 0.1) is 5.41 Å². The molecule has 0 aliphatic carbocycles. The van der Waals surface area contributed by atoms with Gasteiger partial charge in [0, 0.05) is 23.6 Å². The summed E-state index contributed by atoms with van der Waals surface area (Å²) in [5, 5.41) is 24.3. The van der Waals surface area contributed by atoms with Gasteiger partial charge in [-0.15, -0.1) is 0 Å². The molecule has 2 aliphatic heterocycles. The summed E-state index contributed by atoms with van der Waals surface area (Å²) in [4.78, 5) is 26.3. The number of carbonyl (C=O) groups excluding carboxylic acids is 1. The molecule has 182 valence electrons. The van der Waals surface area contributed by atoms with E-state index in [4.69, 9.17) is 9.47 Å². The van der Waals surface area contributed by atoms with Gasteiger partial charge in [-0.05, 0) is 31.9 Å². The van der Waals surface area contributed by atoms with E-state index in [9.17, 15) is 19.8 Å². The van der Waals surface area contributed by atoms with Crippen LogP contribution in [0.1, 0.15) is 51.8 Å². The highest BCUT2D eigenvalue weighted by atomic mass is 16.5. The van der Waals surface area contributed by atoms with E-state index >= 15 is 0 Å². The van der Waals surface area contributed by atoms with Crippen LogP contribution in [0.5, 0.6) is 11.5 Å². The third-order valence-electron chi connectivity index (χ3n) is 6.41. The van der Waals surface area contributed by atoms with Crippen LogP contribution in [0.25, 0.3) is 0 Å². The SMILES string of the molecule is CC(C)(C)C1Oc2cc3c(cc2NC1=O)OC(C)(C)[C@H](O)[C@H]3N(CCc1ccccc1)C(=O)O. The molecule has 2 aliphatic rings. The summed E-state index contributed by atoms with van der Waals surface area (Å²) in [6.45, 7) is 9.36. The van der Waals surface area contributed by atoms with E-state index in [2.05, 4.69) is 5.32 Å². The van der Waals surface area contributed by atoms with Crippen molar-refractivity contribution in [1.82, 2.24) is 4.90 Å². The first-order valence-corrected chi connectivity index (χ1v) is 11.4. The minimum absolute atomic E-state index is 0.190. The molecule has 4 rings (SSSR count). The lowest BCUT2D eigenvalue weighted by atomic mass is 9.84. The van der Waals surface area contributed by atoms with Gasteiger partial charge in [0.05, 0.1) is 11.7 Å². The number of hydrogen-bond acceptors (Lipinski definition) is 5. The lowest BCUT2D eigenvalue weighted by Gasteiger charge is -2.46. The maximum atomic E-state index is 12.6. The van der Waals surface area contributed by atoms with Gasteiger partial charge in [0.2, 0.25) is 0 Å². The van der Waals surface area contributed by atoms with Gasteiger partial charge in [-0.2, -0.15) is 0 Å². The molecule has 0 saturated carbocycles. The zero-order chi connectivity index (χ0) is 24.8. The van der Waals surface area contributed by atoms with Crippen LogP contribution in [-0.4, -0.2) is 51.5 Å². The number of rotatable bonds is 4. The first kappa shape index (κ1) is 23.9. The number of fused-ring (bicyclic) bond motifs is 2. The van der Waals surface area contributed by atoms with Crippen LogP contribution in [0.3, 0.4) is 0 Å². The number of anilines is 1. The quantitative estimate of drug-likeness (QED) is 0.620. The van der Waals surface area contributed by atoms with E-state index in [0.717, 1.165) is 5.56 Å². The summed E-state index contributed by atoms with van der Waals surface area (Å²) in [6.07, 6.45) is -2.47. The molecule has 8 nitrogen and oxygen atoms in total. The lowest BCUT2D eigenvalue weighted by Crippen LogP contribution is -2.55. The smallest absolute Gasteiger partial charge is 0.407 e. The zero-order valence-corrected chi connectivity index (χ0v) is 20.2. The Bertz CT molecular complexity index is 1090. The van der Waals surface area contributed by atoms with Crippen LogP contribution in [0.15, 0.2) is 42.5 Å². The number of aliphatic hydroxyl groups excluding tert-OH is 1. The molecular formula is C26H32N2O6. The highest BCUT2D eigenvalue weighted by Crippen LogP contribution is 2.48. The van der Waals surface area contributed by atoms with E-state index in [1.165, 1.54) is 4.90 Å². The monoisotopic (exact) mass is 468 g/mol. The molecule has 3 atom stereocenters. The second-order valence-corrected chi connectivity index (χ2v) is 10.5. The maximum absolute atomic E-state index is 12.6. The van der Waals surface area contributed by atoms with Gasteiger partial charge in [0.1, 0.15) is 23.2 Å². The predicted octanol–water partition coefficient (Wildman–Crippen LogP) is 4.23. The number of benzene rings is 2. The highest BCUT2D eigenvalue weighted by molar-refractivity contribution is 5.98.